The average Bonchev–Trinajstić information content (AvgIpc) is 2.49. The maximum absolute atomic E-state index is 12.5. The Morgan fingerprint density at radius 1 is 1.17 bits per heavy atom. The molecule has 3 atom stereocenters. The summed E-state index contributed by atoms with van der Waals surface area (Å²) in [6.07, 6.45) is 3.00. The van der Waals surface area contributed by atoms with Gasteiger partial charge in [-0.2, -0.15) is 0 Å². The molecule has 24 heavy (non-hydrogen) atoms. The average molecular weight is 340 g/mol. The highest BCUT2D eigenvalue weighted by Crippen LogP contribution is 2.40. The number of carbonyl (C=O) groups excluding carboxylic acids is 3. The number of methoxy groups -OCH3 is 1. The van der Waals surface area contributed by atoms with Gasteiger partial charge in [0.15, 0.2) is 0 Å². The Hall–Kier alpha value is -1.79. The van der Waals surface area contributed by atoms with E-state index in [0.29, 0.717) is 12.5 Å². The summed E-state index contributed by atoms with van der Waals surface area (Å²) in [6, 6.07) is -0.127. The van der Waals surface area contributed by atoms with Gasteiger partial charge in [-0.1, -0.05) is 6.42 Å². The van der Waals surface area contributed by atoms with Crippen LogP contribution in [0.1, 0.15) is 46.5 Å². The van der Waals surface area contributed by atoms with Crippen molar-refractivity contribution in [1.29, 1.82) is 0 Å². The van der Waals surface area contributed by atoms with E-state index in [1.165, 1.54) is 7.11 Å². The summed E-state index contributed by atoms with van der Waals surface area (Å²) < 4.78 is 10.1. The Labute approximate surface area is 143 Å². The van der Waals surface area contributed by atoms with Crippen LogP contribution in [0.5, 0.6) is 0 Å². The molecule has 2 amide bonds. The number of fused-ring (bicyclic) bond motifs is 2. The highest BCUT2D eigenvalue weighted by molar-refractivity contribution is 5.84. The minimum Gasteiger partial charge on any atom is -0.469 e. The van der Waals surface area contributed by atoms with E-state index in [-0.39, 0.29) is 30.4 Å². The van der Waals surface area contributed by atoms with Crippen molar-refractivity contribution in [2.24, 2.45) is 11.8 Å². The maximum atomic E-state index is 12.5. The molecule has 2 fully saturated rings. The smallest absolute Gasteiger partial charge is 0.408 e. The van der Waals surface area contributed by atoms with Crippen molar-refractivity contribution in [3.8, 4) is 0 Å². The highest BCUT2D eigenvalue weighted by atomic mass is 16.6. The third kappa shape index (κ3) is 4.39. The molecule has 0 aromatic carbocycles. The minimum atomic E-state index is -0.612. The molecule has 1 saturated heterocycles. The number of carbonyl (C=O) groups is 3. The van der Waals surface area contributed by atoms with E-state index in [1.54, 1.807) is 25.7 Å². The largest absolute Gasteiger partial charge is 0.469 e. The number of alkyl carbamates (subject to hydrolysis) is 1. The Morgan fingerprint density at radius 2 is 1.88 bits per heavy atom. The quantitative estimate of drug-likeness (QED) is 0.791. The number of piperidine rings is 1. The maximum Gasteiger partial charge on any atom is 0.408 e. The minimum absolute atomic E-state index is 0.121. The lowest BCUT2D eigenvalue weighted by atomic mass is 9.71. The van der Waals surface area contributed by atoms with E-state index in [0.717, 1.165) is 25.7 Å². The Bertz CT molecular complexity index is 500. The van der Waals surface area contributed by atoms with Crippen molar-refractivity contribution >= 4 is 18.0 Å². The van der Waals surface area contributed by atoms with Gasteiger partial charge in [0, 0.05) is 12.6 Å². The van der Waals surface area contributed by atoms with E-state index in [4.69, 9.17) is 9.47 Å². The zero-order valence-electron chi connectivity index (χ0n) is 15.0. The first kappa shape index (κ1) is 18.5. The summed E-state index contributed by atoms with van der Waals surface area (Å²) in [7, 11) is 1.39. The van der Waals surface area contributed by atoms with E-state index in [9.17, 15) is 14.4 Å². The second-order valence-corrected chi connectivity index (χ2v) is 7.54. The zero-order chi connectivity index (χ0) is 17.9. The van der Waals surface area contributed by atoms with Crippen LogP contribution in [0.4, 0.5) is 4.79 Å². The summed E-state index contributed by atoms with van der Waals surface area (Å²) in [4.78, 5) is 38.1. The monoisotopic (exact) mass is 340 g/mol. The van der Waals surface area contributed by atoms with Crippen LogP contribution in [0.15, 0.2) is 0 Å². The number of esters is 1. The van der Waals surface area contributed by atoms with E-state index in [2.05, 4.69) is 5.32 Å². The number of hydrogen-bond acceptors (Lipinski definition) is 5. The van der Waals surface area contributed by atoms with Crippen LogP contribution in [0.2, 0.25) is 0 Å². The molecule has 0 radical (unpaired) electrons. The van der Waals surface area contributed by atoms with Crippen LogP contribution in [-0.2, 0) is 19.1 Å². The number of likely N-dealkylation sites (tertiary alicyclic amines) is 1. The van der Waals surface area contributed by atoms with Gasteiger partial charge in [-0.3, -0.25) is 9.59 Å². The fourth-order valence-corrected chi connectivity index (χ4v) is 3.77. The topological polar surface area (TPSA) is 84.9 Å². The van der Waals surface area contributed by atoms with Crippen molar-refractivity contribution < 1.29 is 23.9 Å². The molecule has 0 spiro atoms. The van der Waals surface area contributed by atoms with E-state index in [1.807, 2.05) is 0 Å². The molecular weight excluding hydrogens is 312 g/mol. The standard InChI is InChI=1S/C17H28N2O5/c1-17(2,3)24-16(22)18-10-13(20)19-9-8-11-6-5-7-12(19)14(11)15(21)23-4/h11-12,14H,5-10H2,1-4H3,(H,18,22)/t11-,12-,14-/m1/s1. The van der Waals surface area contributed by atoms with Crippen molar-refractivity contribution in [2.45, 2.75) is 58.1 Å². The summed E-state index contributed by atoms with van der Waals surface area (Å²) in [5.74, 6) is -0.371. The van der Waals surface area contributed by atoms with Crippen LogP contribution in [0.25, 0.3) is 0 Å². The molecule has 7 heteroatoms. The second kappa shape index (κ2) is 7.40. The van der Waals surface area contributed by atoms with Gasteiger partial charge in [0.2, 0.25) is 5.91 Å². The van der Waals surface area contributed by atoms with Gasteiger partial charge in [0.05, 0.1) is 13.0 Å². The molecule has 2 bridgehead atoms. The molecule has 0 unspecified atom stereocenters. The van der Waals surface area contributed by atoms with Crippen molar-refractivity contribution in [3.05, 3.63) is 0 Å². The lowest BCUT2D eigenvalue weighted by Crippen LogP contribution is -2.57. The molecule has 2 rings (SSSR count). The van der Waals surface area contributed by atoms with Crippen LogP contribution in [-0.4, -0.2) is 54.7 Å². The van der Waals surface area contributed by atoms with Crippen molar-refractivity contribution in [1.82, 2.24) is 10.2 Å². The van der Waals surface area contributed by atoms with Gasteiger partial charge in [0.1, 0.15) is 12.1 Å². The lowest BCUT2D eigenvalue weighted by Gasteiger charge is -2.47. The predicted molar refractivity (Wildman–Crippen MR) is 87.2 cm³/mol. The molecule has 136 valence electrons. The van der Waals surface area contributed by atoms with Crippen molar-refractivity contribution in [3.63, 3.8) is 0 Å². The zero-order valence-corrected chi connectivity index (χ0v) is 15.0. The van der Waals surface area contributed by atoms with Gasteiger partial charge in [0.25, 0.3) is 0 Å². The Balaban J connectivity index is 1.96. The van der Waals surface area contributed by atoms with Gasteiger partial charge in [-0.25, -0.2) is 4.79 Å². The number of rotatable bonds is 3. The number of amides is 2. The highest BCUT2D eigenvalue weighted by Gasteiger charge is 2.46. The summed E-state index contributed by atoms with van der Waals surface area (Å²) >= 11 is 0. The Kier molecular flexibility index (Phi) is 5.72. The summed E-state index contributed by atoms with van der Waals surface area (Å²) in [5.41, 5.74) is -0.606. The molecule has 7 nitrogen and oxygen atoms in total. The molecular formula is C17H28N2O5. The van der Waals surface area contributed by atoms with Gasteiger partial charge >= 0.3 is 12.1 Å². The van der Waals surface area contributed by atoms with Crippen LogP contribution < -0.4 is 5.32 Å². The predicted octanol–water partition coefficient (Wildman–Crippen LogP) is 1.70. The van der Waals surface area contributed by atoms with Crippen LogP contribution >= 0.6 is 0 Å². The molecule has 1 heterocycles. The summed E-state index contributed by atoms with van der Waals surface area (Å²) in [6.45, 7) is 5.80. The van der Waals surface area contributed by atoms with Gasteiger partial charge in [-0.15, -0.1) is 0 Å². The third-order valence-electron chi connectivity index (χ3n) is 4.71. The molecule has 2 aliphatic rings. The molecule has 0 aromatic heterocycles. The molecule has 0 aromatic rings. The second-order valence-electron chi connectivity index (χ2n) is 7.54. The fourth-order valence-electron chi connectivity index (χ4n) is 3.77. The first-order valence-electron chi connectivity index (χ1n) is 8.57. The van der Waals surface area contributed by atoms with Crippen molar-refractivity contribution in [2.75, 3.05) is 20.2 Å². The van der Waals surface area contributed by atoms with E-state index < -0.39 is 11.7 Å². The van der Waals surface area contributed by atoms with Gasteiger partial charge in [-0.05, 0) is 46.0 Å². The van der Waals surface area contributed by atoms with Crippen LogP contribution in [0, 0.1) is 11.8 Å². The first-order chi connectivity index (χ1) is 11.2. The molecule has 1 saturated carbocycles. The normalized spacial score (nSPS) is 26.5. The fraction of sp³-hybridized carbons (Fsp3) is 0.824. The molecule has 1 aliphatic carbocycles. The van der Waals surface area contributed by atoms with Gasteiger partial charge < -0.3 is 19.7 Å². The molecule has 1 N–H and O–H groups in total. The number of nitrogens with zero attached hydrogens (tertiary/aromatic N) is 1. The van der Waals surface area contributed by atoms with E-state index >= 15 is 0 Å². The Morgan fingerprint density at radius 3 is 2.50 bits per heavy atom. The number of hydrogen-bond donors (Lipinski definition) is 1. The molecule has 1 aliphatic heterocycles. The van der Waals surface area contributed by atoms with Crippen LogP contribution in [0.3, 0.4) is 0 Å². The number of nitrogens with one attached hydrogen (secondary N) is 1. The first-order valence-corrected chi connectivity index (χ1v) is 8.57. The number of ether oxygens (including phenoxy) is 2. The SMILES string of the molecule is COC(=O)[C@@H]1[C@@H]2CCC[C@H]1N(C(=O)CNC(=O)OC(C)(C)C)CC2. The third-order valence-corrected chi connectivity index (χ3v) is 4.71. The lowest BCUT2D eigenvalue weighted by molar-refractivity contribution is -0.158. The summed E-state index contributed by atoms with van der Waals surface area (Å²) in [5, 5.41) is 2.50.